The molecule has 1 aromatic carbocycles. The van der Waals surface area contributed by atoms with Gasteiger partial charge in [-0.3, -0.25) is 0 Å². The summed E-state index contributed by atoms with van der Waals surface area (Å²) in [5.41, 5.74) is 3.14. The fraction of sp³-hybridized carbons (Fsp3) is 0.263. The van der Waals surface area contributed by atoms with Crippen LogP contribution in [-0.4, -0.2) is 15.6 Å². The van der Waals surface area contributed by atoms with Crippen LogP contribution in [0.25, 0.3) is 5.69 Å². The Morgan fingerprint density at radius 1 is 1.32 bits per heavy atom. The van der Waals surface area contributed by atoms with Gasteiger partial charge in [0.2, 0.25) is 0 Å². The maximum atomic E-state index is 12.3. The van der Waals surface area contributed by atoms with Crippen molar-refractivity contribution in [3.05, 3.63) is 72.2 Å². The Balaban J connectivity index is 1.41. The van der Waals surface area contributed by atoms with E-state index in [1.807, 2.05) is 41.1 Å². The number of hydrogen-bond donors (Lipinski definition) is 2. The van der Waals surface area contributed by atoms with Crippen LogP contribution < -0.4 is 10.6 Å². The Hall–Kier alpha value is -3.02. The highest BCUT2D eigenvalue weighted by atomic mass is 16.3. The highest BCUT2D eigenvalue weighted by molar-refractivity contribution is 5.74. The van der Waals surface area contributed by atoms with Crippen LogP contribution in [0.5, 0.6) is 0 Å². The lowest BCUT2D eigenvalue weighted by atomic mass is 9.93. The highest BCUT2D eigenvalue weighted by Crippen LogP contribution is 2.30. The van der Waals surface area contributed by atoms with Gasteiger partial charge in [0.1, 0.15) is 5.76 Å². The topological polar surface area (TPSA) is 72.1 Å². The molecule has 3 aromatic rings. The van der Waals surface area contributed by atoms with Gasteiger partial charge in [0.05, 0.1) is 24.3 Å². The quantitative estimate of drug-likeness (QED) is 0.767. The third-order valence-corrected chi connectivity index (χ3v) is 4.57. The molecule has 0 aliphatic heterocycles. The van der Waals surface area contributed by atoms with E-state index in [9.17, 15) is 4.79 Å². The van der Waals surface area contributed by atoms with Gasteiger partial charge in [0.25, 0.3) is 0 Å². The number of carbonyl (C=O) groups excluding carboxylic acids is 1. The van der Waals surface area contributed by atoms with E-state index in [2.05, 4.69) is 15.6 Å². The first kappa shape index (κ1) is 15.5. The Kier molecular flexibility index (Phi) is 4.24. The molecule has 1 atom stereocenters. The molecule has 0 bridgehead atoms. The number of imidazole rings is 1. The molecular formula is C19H20N4O2. The molecule has 128 valence electrons. The van der Waals surface area contributed by atoms with Crippen molar-refractivity contribution < 1.29 is 9.21 Å². The molecule has 2 N–H and O–H groups in total. The fourth-order valence-electron chi connectivity index (χ4n) is 3.33. The minimum absolute atomic E-state index is 0.0198. The predicted octanol–water partition coefficient (Wildman–Crippen LogP) is 3.34. The van der Waals surface area contributed by atoms with E-state index in [4.69, 9.17) is 4.42 Å². The third kappa shape index (κ3) is 3.28. The lowest BCUT2D eigenvalue weighted by molar-refractivity contribution is 0.234. The second-order valence-corrected chi connectivity index (χ2v) is 6.17. The van der Waals surface area contributed by atoms with E-state index in [1.165, 1.54) is 0 Å². The van der Waals surface area contributed by atoms with Gasteiger partial charge in [-0.25, -0.2) is 9.78 Å². The van der Waals surface area contributed by atoms with Crippen molar-refractivity contribution in [2.75, 3.05) is 0 Å². The number of aromatic nitrogens is 2. The highest BCUT2D eigenvalue weighted by Gasteiger charge is 2.23. The van der Waals surface area contributed by atoms with Crippen molar-refractivity contribution in [3.63, 3.8) is 0 Å². The monoisotopic (exact) mass is 336 g/mol. The molecule has 2 aromatic heterocycles. The third-order valence-electron chi connectivity index (χ3n) is 4.57. The number of aryl methyl sites for hydroxylation is 1. The molecule has 6 heteroatoms. The second-order valence-electron chi connectivity index (χ2n) is 6.17. The Morgan fingerprint density at radius 2 is 2.24 bits per heavy atom. The number of nitrogens with zero attached hydrogens (tertiary/aromatic N) is 2. The number of hydrogen-bond acceptors (Lipinski definition) is 3. The smallest absolute Gasteiger partial charge is 0.315 e. The summed E-state index contributed by atoms with van der Waals surface area (Å²) in [4.78, 5) is 16.4. The van der Waals surface area contributed by atoms with Crippen molar-refractivity contribution in [2.24, 2.45) is 0 Å². The van der Waals surface area contributed by atoms with Crippen molar-refractivity contribution in [3.8, 4) is 5.69 Å². The second kappa shape index (κ2) is 6.84. The molecule has 1 aliphatic carbocycles. The van der Waals surface area contributed by atoms with Gasteiger partial charge in [0, 0.05) is 30.9 Å². The zero-order valence-electron chi connectivity index (χ0n) is 13.8. The molecular weight excluding hydrogens is 316 g/mol. The lowest BCUT2D eigenvalue weighted by Gasteiger charge is -2.23. The van der Waals surface area contributed by atoms with Crippen LogP contribution in [0.15, 0.2) is 59.7 Å². The fourth-order valence-corrected chi connectivity index (χ4v) is 3.33. The summed E-state index contributed by atoms with van der Waals surface area (Å²) in [7, 11) is 0. The minimum atomic E-state index is -0.167. The van der Waals surface area contributed by atoms with Crippen LogP contribution >= 0.6 is 0 Å². The van der Waals surface area contributed by atoms with Gasteiger partial charge in [0.15, 0.2) is 0 Å². The number of urea groups is 1. The normalized spacial score (nSPS) is 16.2. The van der Waals surface area contributed by atoms with Crippen LogP contribution in [0, 0.1) is 0 Å². The first-order valence-electron chi connectivity index (χ1n) is 8.48. The summed E-state index contributed by atoms with van der Waals surface area (Å²) in [6.07, 6.45) is 9.98. The Morgan fingerprint density at radius 3 is 3.12 bits per heavy atom. The maximum absolute atomic E-state index is 12.3. The molecule has 0 radical (unpaired) electrons. The van der Waals surface area contributed by atoms with E-state index < -0.39 is 0 Å². The Bertz CT molecular complexity index is 854. The molecule has 2 amide bonds. The molecule has 2 heterocycles. The number of fused-ring (bicyclic) bond motifs is 1. The van der Waals surface area contributed by atoms with Crippen LogP contribution in [0.1, 0.15) is 35.8 Å². The van der Waals surface area contributed by atoms with E-state index in [-0.39, 0.29) is 12.1 Å². The molecule has 0 saturated heterocycles. The van der Waals surface area contributed by atoms with Crippen molar-refractivity contribution in [1.29, 1.82) is 0 Å². The van der Waals surface area contributed by atoms with Gasteiger partial charge in [-0.2, -0.15) is 0 Å². The zero-order valence-corrected chi connectivity index (χ0v) is 13.8. The number of para-hydroxylation sites is 1. The van der Waals surface area contributed by atoms with E-state index in [0.717, 1.165) is 41.8 Å². The SMILES string of the molecule is O=C(NCc1ccccc1-n1ccnc1)NC1CCCc2occc21. The van der Waals surface area contributed by atoms with Crippen LogP contribution in [0.4, 0.5) is 4.79 Å². The number of rotatable bonds is 4. The number of furan rings is 1. The molecule has 0 saturated carbocycles. The summed E-state index contributed by atoms with van der Waals surface area (Å²) >= 11 is 0. The van der Waals surface area contributed by atoms with Crippen LogP contribution in [0.3, 0.4) is 0 Å². The minimum Gasteiger partial charge on any atom is -0.469 e. The molecule has 25 heavy (non-hydrogen) atoms. The van der Waals surface area contributed by atoms with Gasteiger partial charge in [-0.05, 0) is 30.5 Å². The van der Waals surface area contributed by atoms with Gasteiger partial charge < -0.3 is 19.6 Å². The molecule has 0 spiro atoms. The van der Waals surface area contributed by atoms with Gasteiger partial charge in [-0.1, -0.05) is 18.2 Å². The van der Waals surface area contributed by atoms with E-state index in [0.29, 0.717) is 6.54 Å². The molecule has 6 nitrogen and oxygen atoms in total. The van der Waals surface area contributed by atoms with E-state index >= 15 is 0 Å². The summed E-state index contributed by atoms with van der Waals surface area (Å²) in [5, 5.41) is 6.01. The standard InChI is InChI=1S/C19H20N4O2/c24-19(22-16-5-3-7-18-15(16)8-11-25-18)21-12-14-4-1-2-6-17(14)23-10-9-20-13-23/h1-2,4,6,8-11,13,16H,3,5,7,12H2,(H2,21,22,24). The zero-order chi connectivity index (χ0) is 17.1. The van der Waals surface area contributed by atoms with Crippen LogP contribution in [0.2, 0.25) is 0 Å². The predicted molar refractivity (Wildman–Crippen MR) is 93.3 cm³/mol. The summed E-state index contributed by atoms with van der Waals surface area (Å²) in [5.74, 6) is 0.988. The van der Waals surface area contributed by atoms with Crippen LogP contribution in [-0.2, 0) is 13.0 Å². The molecule has 1 aliphatic rings. The molecule has 4 rings (SSSR count). The maximum Gasteiger partial charge on any atom is 0.315 e. The summed E-state index contributed by atoms with van der Waals surface area (Å²) in [6.45, 7) is 0.450. The van der Waals surface area contributed by atoms with E-state index in [1.54, 1.807) is 18.8 Å². The number of carbonyl (C=O) groups is 1. The van der Waals surface area contributed by atoms with Gasteiger partial charge in [-0.15, -0.1) is 0 Å². The average Bonchev–Trinajstić information content (AvgIpc) is 3.32. The van der Waals surface area contributed by atoms with Crippen molar-refractivity contribution in [2.45, 2.75) is 31.8 Å². The Labute approximate surface area is 145 Å². The number of amides is 2. The van der Waals surface area contributed by atoms with Crippen molar-refractivity contribution in [1.82, 2.24) is 20.2 Å². The molecule has 0 fully saturated rings. The first-order chi connectivity index (χ1) is 12.3. The van der Waals surface area contributed by atoms with Gasteiger partial charge >= 0.3 is 6.03 Å². The largest absolute Gasteiger partial charge is 0.469 e. The number of benzene rings is 1. The molecule has 1 unspecified atom stereocenters. The van der Waals surface area contributed by atoms with Crippen molar-refractivity contribution >= 4 is 6.03 Å². The summed E-state index contributed by atoms with van der Waals surface area (Å²) in [6, 6.07) is 9.76. The average molecular weight is 336 g/mol. The summed E-state index contributed by atoms with van der Waals surface area (Å²) < 4.78 is 7.41. The first-order valence-corrected chi connectivity index (χ1v) is 8.48. The number of nitrogens with one attached hydrogen (secondary N) is 2. The lowest BCUT2D eigenvalue weighted by Crippen LogP contribution is -2.38.